The third-order valence-corrected chi connectivity index (χ3v) is 1.87. The lowest BCUT2D eigenvalue weighted by Gasteiger charge is -1.86. The zero-order valence-corrected chi connectivity index (χ0v) is 6.98. The predicted molar refractivity (Wildman–Crippen MR) is 42.1 cm³/mol. The Balaban J connectivity index is 2.34. The highest BCUT2D eigenvalue weighted by molar-refractivity contribution is 7.99. The Bertz CT molecular complexity index is 262. The molecule has 1 N–H and O–H groups in total. The van der Waals surface area contributed by atoms with Crippen LogP contribution in [-0.4, -0.2) is 20.9 Å². The van der Waals surface area contributed by atoms with Gasteiger partial charge in [0.15, 0.2) is 0 Å². The topological polar surface area (TPSA) is 65.4 Å². The van der Waals surface area contributed by atoms with Crippen LogP contribution in [0, 0.1) is 18.3 Å². The minimum atomic E-state index is 0.540. The summed E-state index contributed by atoms with van der Waals surface area (Å²) in [6, 6.07) is 2.06. The lowest BCUT2D eigenvalue weighted by atomic mass is 10.6. The van der Waals surface area contributed by atoms with Gasteiger partial charge in [0, 0.05) is 12.2 Å². The number of thioether (sulfide) groups is 1. The van der Waals surface area contributed by atoms with Crippen molar-refractivity contribution in [2.75, 3.05) is 5.75 Å². The maximum Gasteiger partial charge on any atom is 0.208 e. The molecule has 0 radical (unpaired) electrons. The molecule has 1 aromatic heterocycles. The second kappa shape index (κ2) is 3.98. The van der Waals surface area contributed by atoms with E-state index < -0.39 is 0 Å². The molecular weight excluding hydrogens is 160 g/mol. The van der Waals surface area contributed by atoms with Crippen molar-refractivity contribution in [3.8, 4) is 6.07 Å². The maximum absolute atomic E-state index is 8.24. The summed E-state index contributed by atoms with van der Waals surface area (Å²) in [5, 5.41) is 15.6. The first-order valence-corrected chi connectivity index (χ1v) is 4.20. The van der Waals surface area contributed by atoms with E-state index in [-0.39, 0.29) is 0 Å². The smallest absolute Gasteiger partial charge is 0.208 e. The second-order valence-corrected chi connectivity index (χ2v) is 3.02. The Morgan fingerprint density at radius 1 is 1.73 bits per heavy atom. The van der Waals surface area contributed by atoms with Crippen LogP contribution in [0.3, 0.4) is 0 Å². The van der Waals surface area contributed by atoms with Crippen molar-refractivity contribution in [3.63, 3.8) is 0 Å². The summed E-state index contributed by atoms with van der Waals surface area (Å²) in [5.74, 6) is 1.57. The Hall–Kier alpha value is -1.02. The van der Waals surface area contributed by atoms with Gasteiger partial charge >= 0.3 is 0 Å². The molecule has 0 aliphatic rings. The van der Waals surface area contributed by atoms with Crippen LogP contribution in [-0.2, 0) is 0 Å². The first-order chi connectivity index (χ1) is 5.33. The Morgan fingerprint density at radius 3 is 3.09 bits per heavy atom. The van der Waals surface area contributed by atoms with Crippen LogP contribution in [0.4, 0.5) is 0 Å². The molecule has 0 saturated heterocycles. The van der Waals surface area contributed by atoms with Gasteiger partial charge in [-0.1, -0.05) is 11.8 Å². The van der Waals surface area contributed by atoms with Crippen LogP contribution in [0.5, 0.6) is 0 Å². The van der Waals surface area contributed by atoms with Crippen molar-refractivity contribution in [1.82, 2.24) is 15.2 Å². The van der Waals surface area contributed by atoms with E-state index >= 15 is 0 Å². The van der Waals surface area contributed by atoms with Crippen molar-refractivity contribution in [2.45, 2.75) is 18.5 Å². The number of nitrogens with one attached hydrogen (secondary N) is 1. The molecule has 11 heavy (non-hydrogen) atoms. The van der Waals surface area contributed by atoms with Crippen molar-refractivity contribution < 1.29 is 0 Å². The van der Waals surface area contributed by atoms with E-state index in [1.165, 1.54) is 11.8 Å². The predicted octanol–water partition coefficient (Wildman–Crippen LogP) is 1.12. The summed E-state index contributed by atoms with van der Waals surface area (Å²) in [6.45, 7) is 1.85. The molecule has 1 heterocycles. The highest BCUT2D eigenvalue weighted by Gasteiger charge is 1.98. The molecule has 58 valence electrons. The van der Waals surface area contributed by atoms with Gasteiger partial charge in [-0.3, -0.25) is 5.10 Å². The summed E-state index contributed by atoms with van der Waals surface area (Å²) < 4.78 is 0. The molecule has 4 nitrogen and oxygen atoms in total. The van der Waals surface area contributed by atoms with E-state index in [9.17, 15) is 0 Å². The van der Waals surface area contributed by atoms with Gasteiger partial charge in [0.25, 0.3) is 0 Å². The molecule has 5 heteroatoms. The number of aromatic amines is 1. The van der Waals surface area contributed by atoms with Crippen LogP contribution >= 0.6 is 11.8 Å². The average molecular weight is 168 g/mol. The molecular formula is C6H8N4S. The van der Waals surface area contributed by atoms with E-state index in [1.807, 2.05) is 6.92 Å². The largest absolute Gasteiger partial charge is 0.262 e. The van der Waals surface area contributed by atoms with Gasteiger partial charge in [0.2, 0.25) is 5.16 Å². The zero-order chi connectivity index (χ0) is 8.10. The number of H-pyrrole nitrogens is 1. The lowest BCUT2D eigenvalue weighted by Crippen LogP contribution is -1.78. The van der Waals surface area contributed by atoms with Gasteiger partial charge in [-0.15, -0.1) is 5.10 Å². The molecule has 0 fully saturated rings. The number of rotatable bonds is 3. The van der Waals surface area contributed by atoms with Gasteiger partial charge in [0.1, 0.15) is 5.82 Å². The standard InChI is InChI=1S/C6H8N4S/c1-5-8-6(10-9-5)11-4-2-3-7/h2,4H2,1H3,(H,8,9,10). The maximum atomic E-state index is 8.24. The molecule has 0 aliphatic heterocycles. The summed E-state index contributed by atoms with van der Waals surface area (Å²) in [4.78, 5) is 4.07. The summed E-state index contributed by atoms with van der Waals surface area (Å²) in [5.41, 5.74) is 0. The molecule has 0 amide bonds. The highest BCUT2D eigenvalue weighted by atomic mass is 32.2. The molecule has 1 aromatic rings. The van der Waals surface area contributed by atoms with Crippen molar-refractivity contribution >= 4 is 11.8 Å². The zero-order valence-electron chi connectivity index (χ0n) is 6.16. The molecule has 0 unspecified atom stereocenters. The number of hydrogen-bond acceptors (Lipinski definition) is 4. The second-order valence-electron chi connectivity index (χ2n) is 1.96. The highest BCUT2D eigenvalue weighted by Crippen LogP contribution is 2.12. The van der Waals surface area contributed by atoms with E-state index in [4.69, 9.17) is 5.26 Å². The first kappa shape index (κ1) is 8.08. The molecule has 0 saturated carbocycles. The van der Waals surface area contributed by atoms with Crippen molar-refractivity contribution in [2.24, 2.45) is 0 Å². The number of nitrogens with zero attached hydrogens (tertiary/aromatic N) is 3. The fraction of sp³-hybridized carbons (Fsp3) is 0.500. The van der Waals surface area contributed by atoms with Gasteiger partial charge < -0.3 is 0 Å². The van der Waals surface area contributed by atoms with Crippen LogP contribution in [0.15, 0.2) is 5.16 Å². The number of aryl methyl sites for hydroxylation is 1. The first-order valence-electron chi connectivity index (χ1n) is 3.21. The SMILES string of the molecule is Cc1nc(SCCC#N)n[nH]1. The summed E-state index contributed by atoms with van der Waals surface area (Å²) >= 11 is 1.49. The van der Waals surface area contributed by atoms with Gasteiger partial charge in [-0.2, -0.15) is 5.26 Å². The quantitative estimate of drug-likeness (QED) is 0.542. The van der Waals surface area contributed by atoms with Crippen LogP contribution in [0.2, 0.25) is 0 Å². The molecule has 0 bridgehead atoms. The number of nitriles is 1. The van der Waals surface area contributed by atoms with Gasteiger partial charge in [-0.25, -0.2) is 4.98 Å². The number of hydrogen-bond donors (Lipinski definition) is 1. The van der Waals surface area contributed by atoms with Crippen LogP contribution in [0.25, 0.3) is 0 Å². The third-order valence-electron chi connectivity index (χ3n) is 1.02. The molecule has 0 spiro atoms. The minimum Gasteiger partial charge on any atom is -0.262 e. The fourth-order valence-electron chi connectivity index (χ4n) is 0.575. The van der Waals surface area contributed by atoms with E-state index in [0.717, 1.165) is 16.7 Å². The van der Waals surface area contributed by atoms with Crippen LogP contribution < -0.4 is 0 Å². The normalized spacial score (nSPS) is 9.45. The van der Waals surface area contributed by atoms with E-state index in [1.54, 1.807) is 0 Å². The van der Waals surface area contributed by atoms with Crippen LogP contribution in [0.1, 0.15) is 12.2 Å². The Kier molecular flexibility index (Phi) is 2.93. The van der Waals surface area contributed by atoms with Crippen molar-refractivity contribution in [3.05, 3.63) is 5.82 Å². The molecule has 0 aromatic carbocycles. The summed E-state index contributed by atoms with van der Waals surface area (Å²) in [7, 11) is 0. The van der Waals surface area contributed by atoms with Gasteiger partial charge in [-0.05, 0) is 6.92 Å². The average Bonchev–Trinajstić information content (AvgIpc) is 2.37. The van der Waals surface area contributed by atoms with Crippen molar-refractivity contribution in [1.29, 1.82) is 5.26 Å². The van der Waals surface area contributed by atoms with Gasteiger partial charge in [0.05, 0.1) is 6.07 Å². The minimum absolute atomic E-state index is 0.540. The Labute approximate surface area is 69.0 Å². The third kappa shape index (κ3) is 2.60. The van der Waals surface area contributed by atoms with E-state index in [2.05, 4.69) is 21.3 Å². The lowest BCUT2D eigenvalue weighted by molar-refractivity contribution is 0.968. The van der Waals surface area contributed by atoms with E-state index in [0.29, 0.717) is 6.42 Å². The molecule has 0 aliphatic carbocycles. The fourth-order valence-corrected chi connectivity index (χ4v) is 1.26. The monoisotopic (exact) mass is 168 g/mol. The summed E-state index contributed by atoms with van der Waals surface area (Å²) in [6.07, 6.45) is 0.540. The molecule has 1 rings (SSSR count). The number of aromatic nitrogens is 3. The Morgan fingerprint density at radius 2 is 2.55 bits per heavy atom. The molecule has 0 atom stereocenters.